The molecule has 0 fully saturated rings. The third-order valence-electron chi connectivity index (χ3n) is 3.09. The van der Waals surface area contributed by atoms with E-state index in [0.29, 0.717) is 6.42 Å². The molecule has 0 radical (unpaired) electrons. The largest absolute Gasteiger partial charge is 0.480 e. The number of carbonyl (C=O) groups excluding carboxylic acids is 1. The quantitative estimate of drug-likeness (QED) is 0.424. The average Bonchev–Trinajstić information content (AvgIpc) is 2.39. The van der Waals surface area contributed by atoms with Crippen LogP contribution in [0.1, 0.15) is 20.3 Å². The molecule has 0 aliphatic rings. The molecular weight excluding hydrogens is 613 g/mol. The number of nitrogens with one attached hydrogen (secondary N) is 2. The number of benzene rings is 1. The van der Waals surface area contributed by atoms with Gasteiger partial charge in [0.2, 0.25) is 5.91 Å². The van der Waals surface area contributed by atoms with Gasteiger partial charge in [0.25, 0.3) is 0 Å². The highest BCUT2D eigenvalue weighted by Gasteiger charge is 2.30. The Morgan fingerprint density at radius 2 is 1.76 bits per heavy atom. The Morgan fingerprint density at radius 3 is 2.19 bits per heavy atom. The topological polar surface area (TPSA) is 78.4 Å². The van der Waals surface area contributed by atoms with E-state index in [-0.39, 0.29) is 12.5 Å². The van der Waals surface area contributed by atoms with Gasteiger partial charge in [0.1, 0.15) is 5.54 Å². The van der Waals surface area contributed by atoms with Crippen molar-refractivity contribution in [2.75, 3.05) is 11.9 Å². The number of halogens is 3. The van der Waals surface area contributed by atoms with E-state index in [1.54, 1.807) is 13.8 Å². The fourth-order valence-electron chi connectivity index (χ4n) is 1.47. The van der Waals surface area contributed by atoms with Crippen LogP contribution in [0.25, 0.3) is 0 Å². The van der Waals surface area contributed by atoms with Crippen LogP contribution in [-0.2, 0) is 9.59 Å². The summed E-state index contributed by atoms with van der Waals surface area (Å²) in [7, 11) is 0. The summed E-state index contributed by atoms with van der Waals surface area (Å²) in [5, 5.41) is 14.8. The number of carboxylic acid groups (broad SMARTS) is 1. The van der Waals surface area contributed by atoms with Gasteiger partial charge in [-0.05, 0) is 93.2 Å². The van der Waals surface area contributed by atoms with E-state index in [0.717, 1.165) is 16.4 Å². The van der Waals surface area contributed by atoms with Crippen molar-refractivity contribution in [1.82, 2.24) is 5.32 Å². The molecule has 0 bridgehead atoms. The molecule has 1 rings (SSSR count). The van der Waals surface area contributed by atoms with Crippen LogP contribution in [0.4, 0.5) is 5.69 Å². The van der Waals surface area contributed by atoms with Gasteiger partial charge in [0.05, 0.1) is 12.2 Å². The zero-order valence-electron chi connectivity index (χ0n) is 11.5. The lowest BCUT2D eigenvalue weighted by Gasteiger charge is -2.24. The van der Waals surface area contributed by atoms with Gasteiger partial charge in [-0.25, -0.2) is 0 Å². The first-order chi connectivity index (χ1) is 9.69. The van der Waals surface area contributed by atoms with Gasteiger partial charge >= 0.3 is 5.97 Å². The van der Waals surface area contributed by atoms with Gasteiger partial charge in [-0.1, -0.05) is 6.92 Å². The van der Waals surface area contributed by atoms with Crippen molar-refractivity contribution >= 4 is 85.3 Å². The van der Waals surface area contributed by atoms with Crippen molar-refractivity contribution in [3.05, 3.63) is 22.8 Å². The maximum absolute atomic E-state index is 12.0. The lowest BCUT2D eigenvalue weighted by molar-refractivity contribution is -0.144. The molecule has 0 spiro atoms. The van der Waals surface area contributed by atoms with Crippen LogP contribution in [0.2, 0.25) is 0 Å². The maximum Gasteiger partial charge on any atom is 0.323 e. The summed E-state index contributed by atoms with van der Waals surface area (Å²) in [5.74, 6) is -1.22. The lowest BCUT2D eigenvalue weighted by atomic mass is 9.99. The zero-order chi connectivity index (χ0) is 16.2. The van der Waals surface area contributed by atoms with Crippen molar-refractivity contribution in [1.29, 1.82) is 0 Å². The van der Waals surface area contributed by atoms with Gasteiger partial charge in [-0.2, -0.15) is 0 Å². The van der Waals surface area contributed by atoms with Crippen molar-refractivity contribution < 1.29 is 14.7 Å². The maximum atomic E-state index is 12.0. The van der Waals surface area contributed by atoms with Crippen LogP contribution in [0.15, 0.2) is 12.1 Å². The Balaban J connectivity index is 2.73. The summed E-state index contributed by atoms with van der Waals surface area (Å²) in [6.45, 7) is 3.29. The predicted molar refractivity (Wildman–Crippen MR) is 108 cm³/mol. The second-order valence-corrected chi connectivity index (χ2v) is 8.21. The smallest absolute Gasteiger partial charge is 0.323 e. The van der Waals surface area contributed by atoms with Crippen LogP contribution in [0.5, 0.6) is 0 Å². The second-order valence-electron chi connectivity index (χ2n) is 4.64. The average molecular weight is 628 g/mol. The molecule has 0 aliphatic heterocycles. The van der Waals surface area contributed by atoms with E-state index in [9.17, 15) is 9.59 Å². The number of anilines is 1. The van der Waals surface area contributed by atoms with E-state index in [1.165, 1.54) is 0 Å². The summed E-state index contributed by atoms with van der Waals surface area (Å²) in [6, 6.07) is 3.94. The molecule has 0 saturated heterocycles. The highest BCUT2D eigenvalue weighted by Crippen LogP contribution is 2.27. The molecule has 1 aromatic rings. The minimum Gasteiger partial charge on any atom is -0.480 e. The molecule has 0 heterocycles. The molecule has 8 heteroatoms. The molecule has 1 atom stereocenters. The predicted octanol–water partition coefficient (Wildman–Crippen LogP) is 3.28. The molecule has 0 aliphatic carbocycles. The first-order valence-corrected chi connectivity index (χ1v) is 9.36. The highest BCUT2D eigenvalue weighted by molar-refractivity contribution is 14.1. The van der Waals surface area contributed by atoms with Crippen molar-refractivity contribution in [3.63, 3.8) is 0 Å². The van der Waals surface area contributed by atoms with Crippen molar-refractivity contribution in [2.24, 2.45) is 0 Å². The van der Waals surface area contributed by atoms with E-state index in [4.69, 9.17) is 5.11 Å². The summed E-state index contributed by atoms with van der Waals surface area (Å²) < 4.78 is 3.00. The minimum atomic E-state index is -1.09. The number of hydrogen-bond donors (Lipinski definition) is 3. The molecule has 0 aromatic heterocycles. The molecule has 1 amide bonds. The van der Waals surface area contributed by atoms with Gasteiger partial charge in [-0.15, -0.1) is 0 Å². The van der Waals surface area contributed by atoms with Crippen molar-refractivity contribution in [3.8, 4) is 0 Å². The highest BCUT2D eigenvalue weighted by atomic mass is 127. The van der Waals surface area contributed by atoms with E-state index >= 15 is 0 Å². The molecule has 3 N–H and O–H groups in total. The van der Waals surface area contributed by atoms with Crippen LogP contribution >= 0.6 is 67.8 Å². The van der Waals surface area contributed by atoms with Gasteiger partial charge in [0.15, 0.2) is 0 Å². The molecule has 21 heavy (non-hydrogen) atoms. The Bertz CT molecular complexity index is 543. The number of carboxylic acids is 1. The zero-order valence-corrected chi connectivity index (χ0v) is 17.9. The number of amides is 1. The molecule has 1 unspecified atom stereocenters. The van der Waals surface area contributed by atoms with Gasteiger partial charge < -0.3 is 10.4 Å². The number of aliphatic carboxylic acids is 1. The van der Waals surface area contributed by atoms with Crippen LogP contribution in [-0.4, -0.2) is 29.1 Å². The fourth-order valence-corrected chi connectivity index (χ4v) is 5.32. The molecule has 5 nitrogen and oxygen atoms in total. The fraction of sp³-hybridized carbons (Fsp3) is 0.385. The first-order valence-electron chi connectivity index (χ1n) is 6.12. The normalized spacial score (nSPS) is 13.6. The third-order valence-corrected chi connectivity index (χ3v) is 5.41. The molecule has 0 saturated carbocycles. The van der Waals surface area contributed by atoms with Crippen LogP contribution in [0.3, 0.4) is 0 Å². The summed E-state index contributed by atoms with van der Waals surface area (Å²) in [6.07, 6.45) is 0.397. The van der Waals surface area contributed by atoms with Gasteiger partial charge in [-0.3, -0.25) is 14.9 Å². The monoisotopic (exact) mass is 628 g/mol. The van der Waals surface area contributed by atoms with Crippen molar-refractivity contribution in [2.45, 2.75) is 25.8 Å². The summed E-state index contributed by atoms with van der Waals surface area (Å²) >= 11 is 6.56. The third kappa shape index (κ3) is 5.46. The summed E-state index contributed by atoms with van der Waals surface area (Å²) in [4.78, 5) is 23.2. The van der Waals surface area contributed by atoms with Gasteiger partial charge in [0, 0.05) is 10.7 Å². The first kappa shape index (κ1) is 19.4. The molecule has 1 aromatic carbocycles. The van der Waals surface area contributed by atoms with Crippen LogP contribution in [0, 0.1) is 10.7 Å². The SMILES string of the molecule is CCC(C)(NCC(=O)Nc1c(I)cc(I)cc1I)C(=O)O. The Kier molecular flexibility index (Phi) is 7.60. The minimum absolute atomic E-state index is 0.0468. The van der Waals surface area contributed by atoms with E-state index < -0.39 is 11.5 Å². The number of rotatable bonds is 6. The second kappa shape index (κ2) is 8.24. The Hall–Kier alpha value is 0.310. The van der Waals surface area contributed by atoms with Crippen LogP contribution < -0.4 is 10.6 Å². The number of carbonyl (C=O) groups is 2. The molecule has 116 valence electrons. The standard InChI is InChI=1S/C13H15I3N2O3/c1-3-13(2,12(20)21)17-6-10(19)18-11-8(15)4-7(14)5-9(11)16/h4-5,17H,3,6H2,1-2H3,(H,18,19)(H,20,21). The van der Waals surface area contributed by atoms with E-state index in [1.807, 2.05) is 12.1 Å². The van der Waals surface area contributed by atoms with E-state index in [2.05, 4.69) is 78.4 Å². The number of hydrogen-bond acceptors (Lipinski definition) is 3. The summed E-state index contributed by atoms with van der Waals surface area (Å²) in [5.41, 5.74) is -0.332. The molecular formula is C13H15I3N2O3. The lowest BCUT2D eigenvalue weighted by Crippen LogP contribution is -2.51. The Labute approximate surface area is 164 Å². The Morgan fingerprint density at radius 1 is 1.24 bits per heavy atom.